The highest BCUT2D eigenvalue weighted by Crippen LogP contribution is 2.33. The number of anilines is 1. The minimum Gasteiger partial charge on any atom is -0.496 e. The zero-order valence-electron chi connectivity index (χ0n) is 16.1. The molecule has 0 radical (unpaired) electrons. The molecule has 0 atom stereocenters. The van der Waals surface area contributed by atoms with Crippen LogP contribution in [-0.2, 0) is 14.3 Å². The number of thiophene rings is 1. The SMILES string of the molecule is CCOC(=O)c1c(NC(=O)COC(=O)c2ccccc2OC)sc(C(N)=O)c1C. The van der Waals surface area contributed by atoms with Gasteiger partial charge in [0.2, 0.25) is 0 Å². The van der Waals surface area contributed by atoms with E-state index in [2.05, 4.69) is 5.32 Å². The third-order valence-electron chi connectivity index (χ3n) is 3.76. The third kappa shape index (κ3) is 5.11. The van der Waals surface area contributed by atoms with Crippen LogP contribution in [0.25, 0.3) is 0 Å². The molecule has 0 spiro atoms. The molecule has 0 aliphatic rings. The monoisotopic (exact) mass is 420 g/mol. The normalized spacial score (nSPS) is 10.2. The Morgan fingerprint density at radius 3 is 2.41 bits per heavy atom. The lowest BCUT2D eigenvalue weighted by Gasteiger charge is -2.09. The Kier molecular flexibility index (Phi) is 7.32. The molecular formula is C19H20N2O7S. The molecule has 2 amide bonds. The van der Waals surface area contributed by atoms with Gasteiger partial charge in [0, 0.05) is 0 Å². The van der Waals surface area contributed by atoms with E-state index in [-0.39, 0.29) is 27.6 Å². The highest BCUT2D eigenvalue weighted by Gasteiger charge is 2.26. The maximum Gasteiger partial charge on any atom is 0.342 e. The van der Waals surface area contributed by atoms with Gasteiger partial charge in [-0.3, -0.25) is 9.59 Å². The maximum absolute atomic E-state index is 12.2. The van der Waals surface area contributed by atoms with Gasteiger partial charge in [0.1, 0.15) is 16.3 Å². The molecule has 2 aromatic rings. The van der Waals surface area contributed by atoms with Crippen LogP contribution in [0, 0.1) is 6.92 Å². The van der Waals surface area contributed by atoms with Crippen molar-refractivity contribution in [1.29, 1.82) is 0 Å². The number of carbonyl (C=O) groups is 4. The van der Waals surface area contributed by atoms with Crippen LogP contribution in [-0.4, -0.2) is 44.1 Å². The van der Waals surface area contributed by atoms with Crippen LogP contribution in [0.5, 0.6) is 5.75 Å². The van der Waals surface area contributed by atoms with E-state index < -0.39 is 30.4 Å². The average Bonchev–Trinajstić information content (AvgIpc) is 3.02. The first kappa shape index (κ1) is 21.9. The van der Waals surface area contributed by atoms with Gasteiger partial charge in [-0.25, -0.2) is 9.59 Å². The summed E-state index contributed by atoms with van der Waals surface area (Å²) in [6.07, 6.45) is 0. The topological polar surface area (TPSA) is 134 Å². The summed E-state index contributed by atoms with van der Waals surface area (Å²) in [7, 11) is 1.41. The van der Waals surface area contributed by atoms with Gasteiger partial charge < -0.3 is 25.3 Å². The van der Waals surface area contributed by atoms with Crippen molar-refractivity contribution in [3.8, 4) is 5.75 Å². The Bertz CT molecular complexity index is 952. The number of methoxy groups -OCH3 is 1. The van der Waals surface area contributed by atoms with Gasteiger partial charge in [0.25, 0.3) is 11.8 Å². The summed E-state index contributed by atoms with van der Waals surface area (Å²) in [6.45, 7) is 2.66. The zero-order valence-corrected chi connectivity index (χ0v) is 16.9. The van der Waals surface area contributed by atoms with Gasteiger partial charge in [0.05, 0.1) is 24.2 Å². The Balaban J connectivity index is 2.14. The first-order valence-corrected chi connectivity index (χ1v) is 9.32. The fourth-order valence-corrected chi connectivity index (χ4v) is 3.53. The van der Waals surface area contributed by atoms with Gasteiger partial charge in [0.15, 0.2) is 6.61 Å². The number of benzene rings is 1. The summed E-state index contributed by atoms with van der Waals surface area (Å²) in [5.74, 6) is -2.57. The second-order valence-corrected chi connectivity index (χ2v) is 6.69. The largest absolute Gasteiger partial charge is 0.496 e. The summed E-state index contributed by atoms with van der Waals surface area (Å²) in [5, 5.41) is 2.55. The standard InChI is InChI=1S/C19H20N2O7S/c1-4-27-19(25)14-10(2)15(16(20)23)29-17(14)21-13(22)9-28-18(24)11-7-5-6-8-12(11)26-3/h5-8H,4,9H2,1-3H3,(H2,20,23)(H,21,22). The minimum atomic E-state index is -0.747. The molecule has 0 saturated carbocycles. The molecule has 0 aliphatic carbocycles. The van der Waals surface area contributed by atoms with Crippen LogP contribution < -0.4 is 15.8 Å². The molecule has 29 heavy (non-hydrogen) atoms. The van der Waals surface area contributed by atoms with E-state index in [1.807, 2.05) is 0 Å². The predicted molar refractivity (Wildman–Crippen MR) is 105 cm³/mol. The Morgan fingerprint density at radius 1 is 1.10 bits per heavy atom. The van der Waals surface area contributed by atoms with Crippen LogP contribution >= 0.6 is 11.3 Å². The molecule has 0 fully saturated rings. The van der Waals surface area contributed by atoms with E-state index in [1.54, 1.807) is 25.1 Å². The number of ether oxygens (including phenoxy) is 3. The lowest BCUT2D eigenvalue weighted by molar-refractivity contribution is -0.119. The third-order valence-corrected chi connectivity index (χ3v) is 4.99. The summed E-state index contributed by atoms with van der Waals surface area (Å²) >= 11 is 0.846. The molecule has 2 rings (SSSR count). The second kappa shape index (κ2) is 9.69. The van der Waals surface area contributed by atoms with E-state index in [1.165, 1.54) is 20.1 Å². The van der Waals surface area contributed by atoms with E-state index in [0.717, 1.165) is 11.3 Å². The Labute approximate surface area is 170 Å². The number of hydrogen-bond donors (Lipinski definition) is 2. The van der Waals surface area contributed by atoms with E-state index >= 15 is 0 Å². The number of primary amides is 1. The summed E-state index contributed by atoms with van der Waals surface area (Å²) < 4.78 is 15.1. The number of hydrogen-bond acceptors (Lipinski definition) is 8. The molecule has 1 aromatic carbocycles. The fourth-order valence-electron chi connectivity index (χ4n) is 2.47. The molecule has 10 heteroatoms. The van der Waals surface area contributed by atoms with Gasteiger partial charge in [-0.2, -0.15) is 0 Å². The first-order chi connectivity index (χ1) is 13.8. The summed E-state index contributed by atoms with van der Waals surface area (Å²) in [5.41, 5.74) is 5.83. The van der Waals surface area contributed by atoms with Crippen molar-refractivity contribution in [1.82, 2.24) is 0 Å². The Hall–Kier alpha value is -3.40. The van der Waals surface area contributed by atoms with Gasteiger partial charge in [-0.05, 0) is 31.5 Å². The van der Waals surface area contributed by atoms with E-state index in [0.29, 0.717) is 11.3 Å². The van der Waals surface area contributed by atoms with Crippen LogP contribution in [0.2, 0.25) is 0 Å². The highest BCUT2D eigenvalue weighted by atomic mass is 32.1. The van der Waals surface area contributed by atoms with Crippen LogP contribution in [0.1, 0.15) is 42.9 Å². The quantitative estimate of drug-likeness (QED) is 0.625. The second-order valence-electron chi connectivity index (χ2n) is 5.67. The average molecular weight is 420 g/mol. The summed E-state index contributed by atoms with van der Waals surface area (Å²) in [6, 6.07) is 6.40. The van der Waals surface area contributed by atoms with Gasteiger partial charge in [-0.15, -0.1) is 11.3 Å². The molecule has 0 aliphatic heterocycles. The van der Waals surface area contributed by atoms with Crippen molar-refractivity contribution in [2.24, 2.45) is 5.73 Å². The minimum absolute atomic E-state index is 0.0371. The number of nitrogens with two attached hydrogens (primary N) is 1. The van der Waals surface area contributed by atoms with Crippen molar-refractivity contribution in [2.45, 2.75) is 13.8 Å². The number of rotatable bonds is 8. The number of carbonyl (C=O) groups excluding carboxylic acids is 4. The first-order valence-electron chi connectivity index (χ1n) is 8.50. The Morgan fingerprint density at radius 2 is 1.79 bits per heavy atom. The van der Waals surface area contributed by atoms with E-state index in [4.69, 9.17) is 19.9 Å². The molecule has 1 heterocycles. The number of nitrogens with one attached hydrogen (secondary N) is 1. The van der Waals surface area contributed by atoms with Crippen molar-refractivity contribution in [3.05, 3.63) is 45.8 Å². The van der Waals surface area contributed by atoms with Crippen LogP contribution in [0.4, 0.5) is 5.00 Å². The molecule has 1 aromatic heterocycles. The number of esters is 2. The van der Waals surface area contributed by atoms with Crippen molar-refractivity contribution < 1.29 is 33.4 Å². The fraction of sp³-hybridized carbons (Fsp3) is 0.263. The van der Waals surface area contributed by atoms with Gasteiger partial charge in [-0.1, -0.05) is 12.1 Å². The molecule has 3 N–H and O–H groups in total. The lowest BCUT2D eigenvalue weighted by atomic mass is 10.1. The number of para-hydroxylation sites is 1. The van der Waals surface area contributed by atoms with Crippen LogP contribution in [0.15, 0.2) is 24.3 Å². The van der Waals surface area contributed by atoms with Crippen molar-refractivity contribution in [2.75, 3.05) is 25.6 Å². The highest BCUT2D eigenvalue weighted by molar-refractivity contribution is 7.18. The maximum atomic E-state index is 12.2. The molecule has 0 saturated heterocycles. The van der Waals surface area contributed by atoms with Gasteiger partial charge >= 0.3 is 11.9 Å². The molecule has 9 nitrogen and oxygen atoms in total. The smallest absolute Gasteiger partial charge is 0.342 e. The van der Waals surface area contributed by atoms with Crippen molar-refractivity contribution in [3.63, 3.8) is 0 Å². The predicted octanol–water partition coefficient (Wildman–Crippen LogP) is 2.14. The molecule has 154 valence electrons. The van der Waals surface area contributed by atoms with Crippen molar-refractivity contribution >= 4 is 40.1 Å². The lowest BCUT2D eigenvalue weighted by Crippen LogP contribution is -2.22. The number of amides is 2. The zero-order chi connectivity index (χ0) is 21.6. The summed E-state index contributed by atoms with van der Waals surface area (Å²) in [4.78, 5) is 48.3. The van der Waals surface area contributed by atoms with E-state index in [9.17, 15) is 19.2 Å². The van der Waals surface area contributed by atoms with Crippen LogP contribution in [0.3, 0.4) is 0 Å². The molecule has 0 unspecified atom stereocenters. The molecule has 0 bridgehead atoms. The molecular weight excluding hydrogens is 400 g/mol.